The van der Waals surface area contributed by atoms with Crippen molar-refractivity contribution in [2.24, 2.45) is 0 Å². The SMILES string of the molecule is O=COO. The third-order valence-electron chi connectivity index (χ3n) is 0.0430. The first-order valence-electron chi connectivity index (χ1n) is 0.654. The van der Waals surface area contributed by atoms with Crippen LogP contribution in [0.25, 0.3) is 0 Å². The van der Waals surface area contributed by atoms with Gasteiger partial charge in [-0.2, -0.15) is 0 Å². The van der Waals surface area contributed by atoms with Crippen molar-refractivity contribution >= 4 is 6.47 Å². The zero-order chi connectivity index (χ0) is 3.41. The van der Waals surface area contributed by atoms with Crippen LogP contribution in [0.5, 0.6) is 0 Å². The van der Waals surface area contributed by atoms with Crippen molar-refractivity contribution < 1.29 is 14.9 Å². The first-order valence-corrected chi connectivity index (χ1v) is 0.654. The predicted octanol–water partition coefficient (Wildman–Crippen LogP) is -0.368. The normalized spacial score (nSPS) is 5.25. The average Bonchev–Trinajstić information content (AvgIpc) is 1.37. The van der Waals surface area contributed by atoms with Gasteiger partial charge in [-0.05, 0) is 0 Å². The summed E-state index contributed by atoms with van der Waals surface area (Å²) in [5.41, 5.74) is 0. The molecule has 0 bridgehead atoms. The van der Waals surface area contributed by atoms with Crippen LogP contribution >= 0.6 is 0 Å². The van der Waals surface area contributed by atoms with Crippen molar-refractivity contribution in [3.63, 3.8) is 0 Å². The molecule has 0 saturated heterocycles. The van der Waals surface area contributed by atoms with Crippen LogP contribution in [0, 0.1) is 0 Å². The smallest absolute Gasteiger partial charge is 0.304 e. The maximum Gasteiger partial charge on any atom is 0.330 e. The third kappa shape index (κ3) is 1.43. The molecule has 24 valence electrons. The highest BCUT2D eigenvalue weighted by Gasteiger charge is 1.47. The molecule has 4 heavy (non-hydrogen) atoms. The molecular weight excluding hydrogens is 60.0 g/mol. The van der Waals surface area contributed by atoms with Gasteiger partial charge < -0.3 is 4.89 Å². The van der Waals surface area contributed by atoms with Gasteiger partial charge in [-0.3, -0.25) is 4.79 Å². The molecule has 0 aromatic carbocycles. The Bertz CT molecular complexity index is 17.2. The fourth-order valence-corrected chi connectivity index (χ4v) is 0. The minimum absolute atomic E-state index is 0.0694. The summed E-state index contributed by atoms with van der Waals surface area (Å²) in [6, 6.07) is 0. The topological polar surface area (TPSA) is 46.5 Å². The highest BCUT2D eigenvalue weighted by atomic mass is 17.1. The van der Waals surface area contributed by atoms with E-state index in [9.17, 15) is 0 Å². The summed E-state index contributed by atoms with van der Waals surface area (Å²) >= 11 is 0. The number of carbonyl (C=O) groups excluding carboxylic acids is 1. The second kappa shape index (κ2) is 2.43. The molecule has 0 amide bonds. The molecule has 0 spiro atoms. The van der Waals surface area contributed by atoms with Gasteiger partial charge in [-0.25, -0.2) is 5.26 Å². The van der Waals surface area contributed by atoms with Crippen LogP contribution < -0.4 is 0 Å². The van der Waals surface area contributed by atoms with E-state index in [4.69, 9.17) is 10.1 Å². The lowest BCUT2D eigenvalue weighted by atomic mass is 11.7. The molecule has 0 aromatic rings. The van der Waals surface area contributed by atoms with Gasteiger partial charge in [0.1, 0.15) is 0 Å². The maximum atomic E-state index is 8.70. The number of hydrogen-bond donors (Lipinski definition) is 1. The lowest BCUT2D eigenvalue weighted by molar-refractivity contribution is -0.217. The molecule has 0 aliphatic carbocycles. The predicted molar refractivity (Wildman–Crippen MR) is 9.78 cm³/mol. The Morgan fingerprint density at radius 2 is 2.25 bits per heavy atom. The van der Waals surface area contributed by atoms with Crippen molar-refractivity contribution in [1.29, 1.82) is 0 Å². The van der Waals surface area contributed by atoms with E-state index in [0.717, 1.165) is 0 Å². The molecule has 0 aromatic heterocycles. The molecule has 0 saturated carbocycles. The first kappa shape index (κ1) is 3.43. The zero-order valence-electron chi connectivity index (χ0n) is 1.84. The van der Waals surface area contributed by atoms with Gasteiger partial charge in [0.15, 0.2) is 0 Å². The van der Waals surface area contributed by atoms with E-state index in [-0.39, 0.29) is 6.47 Å². The summed E-state index contributed by atoms with van der Waals surface area (Å²) in [5, 5.41) is 7.01. The average molecular weight is 62.0 g/mol. The lowest BCUT2D eigenvalue weighted by Gasteiger charge is -1.63. The van der Waals surface area contributed by atoms with Crippen molar-refractivity contribution in [1.82, 2.24) is 0 Å². The summed E-state index contributed by atoms with van der Waals surface area (Å²) in [6.07, 6.45) is 0. The Balaban J connectivity index is 2.30. The standard InChI is InChI=1S/CH2O3/c2-1-4-3/h1,3H. The minimum Gasteiger partial charge on any atom is -0.304 e. The van der Waals surface area contributed by atoms with Crippen LogP contribution in [0.3, 0.4) is 0 Å². The zero-order valence-corrected chi connectivity index (χ0v) is 1.84. The van der Waals surface area contributed by atoms with Gasteiger partial charge in [0.25, 0.3) is 0 Å². The van der Waals surface area contributed by atoms with Crippen LogP contribution in [0.2, 0.25) is 0 Å². The lowest BCUT2D eigenvalue weighted by Crippen LogP contribution is -1.69. The van der Waals surface area contributed by atoms with Crippen molar-refractivity contribution in [3.8, 4) is 0 Å². The molecule has 0 heterocycles. The molecule has 0 aliphatic heterocycles. The Morgan fingerprint density at radius 1 is 2.00 bits per heavy atom. The summed E-state index contributed by atoms with van der Waals surface area (Å²) < 4.78 is 0. The van der Waals surface area contributed by atoms with Crippen molar-refractivity contribution in [2.45, 2.75) is 0 Å². The molecule has 0 radical (unpaired) electrons. The van der Waals surface area contributed by atoms with Gasteiger partial charge in [0, 0.05) is 0 Å². The van der Waals surface area contributed by atoms with E-state index in [0.29, 0.717) is 0 Å². The van der Waals surface area contributed by atoms with Gasteiger partial charge in [0.2, 0.25) is 0 Å². The maximum absolute atomic E-state index is 8.70. The van der Waals surface area contributed by atoms with Gasteiger partial charge in [-0.15, -0.1) is 0 Å². The number of carbonyl (C=O) groups is 1. The number of rotatable bonds is 1. The highest BCUT2D eigenvalue weighted by Crippen LogP contribution is 1.33. The monoisotopic (exact) mass is 62.0 g/mol. The van der Waals surface area contributed by atoms with E-state index in [2.05, 4.69) is 4.89 Å². The molecule has 3 heteroatoms. The van der Waals surface area contributed by atoms with Crippen molar-refractivity contribution in [2.75, 3.05) is 0 Å². The second-order valence-electron chi connectivity index (χ2n) is 0.202. The van der Waals surface area contributed by atoms with Crippen LogP contribution in [-0.2, 0) is 9.68 Å². The van der Waals surface area contributed by atoms with E-state index >= 15 is 0 Å². The quantitative estimate of drug-likeness (QED) is 0.256. The third-order valence-corrected chi connectivity index (χ3v) is 0.0430. The largest absolute Gasteiger partial charge is 0.330 e. The van der Waals surface area contributed by atoms with Gasteiger partial charge in [-0.1, -0.05) is 0 Å². The molecule has 0 atom stereocenters. The Kier molecular flexibility index (Phi) is 2.08. The van der Waals surface area contributed by atoms with Crippen LogP contribution in [0.4, 0.5) is 0 Å². The van der Waals surface area contributed by atoms with Crippen molar-refractivity contribution in [3.05, 3.63) is 0 Å². The molecule has 3 nitrogen and oxygen atoms in total. The van der Waals surface area contributed by atoms with E-state index in [1.54, 1.807) is 0 Å². The Labute approximate surface area is 22.7 Å². The van der Waals surface area contributed by atoms with E-state index in [1.807, 2.05) is 0 Å². The molecule has 0 unspecified atom stereocenters. The fraction of sp³-hybridized carbons (Fsp3) is 0. The molecule has 0 aliphatic rings. The second-order valence-corrected chi connectivity index (χ2v) is 0.202. The van der Waals surface area contributed by atoms with Crippen LogP contribution in [0.15, 0.2) is 0 Å². The first-order chi connectivity index (χ1) is 1.91. The molecular formula is CH2O3. The minimum atomic E-state index is -0.0694. The summed E-state index contributed by atoms with van der Waals surface area (Å²) in [7, 11) is 0. The highest BCUT2D eigenvalue weighted by molar-refractivity contribution is 5.35. The summed E-state index contributed by atoms with van der Waals surface area (Å²) in [6.45, 7) is -0.0694. The molecule has 0 fully saturated rings. The van der Waals surface area contributed by atoms with Gasteiger partial charge in [0.05, 0.1) is 0 Å². The van der Waals surface area contributed by atoms with E-state index < -0.39 is 0 Å². The van der Waals surface area contributed by atoms with Crippen LogP contribution in [0.1, 0.15) is 0 Å². The Morgan fingerprint density at radius 3 is 2.25 bits per heavy atom. The molecule has 1 N–H and O–H groups in total. The summed E-state index contributed by atoms with van der Waals surface area (Å²) in [4.78, 5) is 11.6. The summed E-state index contributed by atoms with van der Waals surface area (Å²) in [5.74, 6) is 0. The number of hydrogen-bond acceptors (Lipinski definition) is 3. The van der Waals surface area contributed by atoms with Crippen LogP contribution in [-0.4, -0.2) is 11.7 Å². The Hall–Kier alpha value is -0.570. The van der Waals surface area contributed by atoms with E-state index in [1.165, 1.54) is 0 Å². The fourth-order valence-electron chi connectivity index (χ4n) is 0. The molecule has 0 rings (SSSR count). The van der Waals surface area contributed by atoms with Gasteiger partial charge >= 0.3 is 6.47 Å².